The number of hydrogen-bond acceptors (Lipinski definition) is 3. The van der Waals surface area contributed by atoms with Crippen molar-refractivity contribution in [1.82, 2.24) is 0 Å². The summed E-state index contributed by atoms with van der Waals surface area (Å²) in [6.07, 6.45) is 0. The van der Waals surface area contributed by atoms with Gasteiger partial charge < -0.3 is 4.74 Å². The molecule has 0 amide bonds. The minimum atomic E-state index is -1.08. The van der Waals surface area contributed by atoms with Crippen molar-refractivity contribution in [2.75, 3.05) is 13.7 Å². The molecule has 0 aromatic heterocycles. The van der Waals surface area contributed by atoms with E-state index >= 15 is 0 Å². The van der Waals surface area contributed by atoms with Crippen molar-refractivity contribution in [3.63, 3.8) is 0 Å². The van der Waals surface area contributed by atoms with Crippen LogP contribution in [0, 0.1) is 23.5 Å². The number of benzene rings is 1. The molecule has 0 spiro atoms. The molecule has 1 rings (SSSR count). The van der Waals surface area contributed by atoms with Crippen molar-refractivity contribution < 1.29 is 13.5 Å². The molecule has 1 aromatic rings. The standard InChI is InChI=1S/C13H14F2N2O/c1-4-18-13(2,17-16-3)8-7-10-5-6-11(14)12(15)9-10/h5-6,9H,4H2,1-3H3/b17-16-. The molecule has 0 bridgehead atoms. The SMILES string of the molecule is CCOC(C)(C#Cc1ccc(F)c(F)c1)/N=N\C. The van der Waals surface area contributed by atoms with Crippen molar-refractivity contribution in [2.24, 2.45) is 10.2 Å². The highest BCUT2D eigenvalue weighted by Gasteiger charge is 2.20. The molecular weight excluding hydrogens is 238 g/mol. The zero-order valence-corrected chi connectivity index (χ0v) is 10.5. The van der Waals surface area contributed by atoms with Gasteiger partial charge in [0.05, 0.1) is 0 Å². The lowest BCUT2D eigenvalue weighted by Crippen LogP contribution is -2.23. The first-order chi connectivity index (χ1) is 8.50. The van der Waals surface area contributed by atoms with Crippen LogP contribution in [-0.4, -0.2) is 19.4 Å². The number of nitrogens with zero attached hydrogens (tertiary/aromatic N) is 2. The van der Waals surface area contributed by atoms with Crippen molar-refractivity contribution in [3.05, 3.63) is 35.4 Å². The molecule has 0 aliphatic heterocycles. The second-order valence-corrected chi connectivity index (χ2v) is 3.59. The van der Waals surface area contributed by atoms with E-state index in [0.717, 1.165) is 12.1 Å². The summed E-state index contributed by atoms with van der Waals surface area (Å²) in [5.74, 6) is 3.59. The van der Waals surface area contributed by atoms with Crippen molar-refractivity contribution in [1.29, 1.82) is 0 Å². The smallest absolute Gasteiger partial charge is 0.238 e. The lowest BCUT2D eigenvalue weighted by molar-refractivity contribution is 0.0230. The predicted molar refractivity (Wildman–Crippen MR) is 64.0 cm³/mol. The largest absolute Gasteiger partial charge is 0.343 e. The van der Waals surface area contributed by atoms with Gasteiger partial charge in [-0.05, 0) is 38.0 Å². The molecular formula is C13H14F2N2O. The lowest BCUT2D eigenvalue weighted by Gasteiger charge is -2.16. The van der Waals surface area contributed by atoms with Crippen LogP contribution in [0.2, 0.25) is 0 Å². The van der Waals surface area contributed by atoms with E-state index < -0.39 is 17.4 Å². The van der Waals surface area contributed by atoms with Gasteiger partial charge in [-0.3, -0.25) is 0 Å². The summed E-state index contributed by atoms with van der Waals surface area (Å²) < 4.78 is 31.1. The highest BCUT2D eigenvalue weighted by atomic mass is 19.2. The molecule has 96 valence electrons. The molecule has 0 aliphatic carbocycles. The number of rotatable bonds is 3. The predicted octanol–water partition coefficient (Wildman–Crippen LogP) is 3.15. The highest BCUT2D eigenvalue weighted by molar-refractivity contribution is 5.36. The molecule has 0 saturated carbocycles. The summed E-state index contributed by atoms with van der Waals surface area (Å²) >= 11 is 0. The summed E-state index contributed by atoms with van der Waals surface area (Å²) in [6.45, 7) is 3.88. The maximum atomic E-state index is 13.0. The summed E-state index contributed by atoms with van der Waals surface area (Å²) in [4.78, 5) is 0. The molecule has 1 aromatic carbocycles. The average molecular weight is 252 g/mol. The van der Waals surface area contributed by atoms with E-state index in [4.69, 9.17) is 4.74 Å². The molecule has 0 saturated heterocycles. The summed E-state index contributed by atoms with van der Waals surface area (Å²) in [5, 5.41) is 7.50. The third-order valence-corrected chi connectivity index (χ3v) is 2.07. The number of hydrogen-bond donors (Lipinski definition) is 0. The maximum Gasteiger partial charge on any atom is 0.238 e. The fourth-order valence-corrected chi connectivity index (χ4v) is 1.32. The van der Waals surface area contributed by atoms with Crippen LogP contribution in [0.25, 0.3) is 0 Å². The van der Waals surface area contributed by atoms with E-state index in [1.165, 1.54) is 13.1 Å². The molecule has 0 fully saturated rings. The molecule has 18 heavy (non-hydrogen) atoms. The first-order valence-corrected chi connectivity index (χ1v) is 5.44. The Hall–Kier alpha value is -1.80. The fraction of sp³-hybridized carbons (Fsp3) is 0.385. The monoisotopic (exact) mass is 252 g/mol. The van der Waals surface area contributed by atoms with Crippen molar-refractivity contribution in [3.8, 4) is 11.8 Å². The van der Waals surface area contributed by atoms with E-state index in [1.807, 2.05) is 6.92 Å². The van der Waals surface area contributed by atoms with E-state index in [1.54, 1.807) is 6.92 Å². The van der Waals surface area contributed by atoms with Gasteiger partial charge in [-0.25, -0.2) is 8.78 Å². The zero-order valence-electron chi connectivity index (χ0n) is 10.5. The fourth-order valence-electron chi connectivity index (χ4n) is 1.32. The van der Waals surface area contributed by atoms with E-state index in [9.17, 15) is 8.78 Å². The van der Waals surface area contributed by atoms with Gasteiger partial charge in [-0.1, -0.05) is 5.92 Å². The summed E-state index contributed by atoms with van der Waals surface area (Å²) in [7, 11) is 1.51. The molecule has 0 heterocycles. The van der Waals surface area contributed by atoms with Gasteiger partial charge in [0.1, 0.15) is 0 Å². The molecule has 5 heteroatoms. The second-order valence-electron chi connectivity index (χ2n) is 3.59. The minimum absolute atomic E-state index is 0.353. The third-order valence-electron chi connectivity index (χ3n) is 2.07. The maximum absolute atomic E-state index is 13.0. The second kappa shape index (κ2) is 6.22. The Morgan fingerprint density at radius 3 is 2.61 bits per heavy atom. The van der Waals surface area contributed by atoms with Gasteiger partial charge in [0.25, 0.3) is 0 Å². The summed E-state index contributed by atoms with van der Waals surface area (Å²) in [5.41, 5.74) is -0.722. The Morgan fingerprint density at radius 2 is 2.06 bits per heavy atom. The van der Waals surface area contributed by atoms with Gasteiger partial charge in [-0.2, -0.15) is 5.11 Å². The zero-order chi connectivity index (χ0) is 13.6. The van der Waals surface area contributed by atoms with Crippen molar-refractivity contribution in [2.45, 2.75) is 19.6 Å². The van der Waals surface area contributed by atoms with Crippen LogP contribution in [0.3, 0.4) is 0 Å². The number of azo groups is 1. The third kappa shape index (κ3) is 3.90. The molecule has 1 unspecified atom stereocenters. The van der Waals surface area contributed by atoms with Gasteiger partial charge in [0.15, 0.2) is 11.6 Å². The van der Waals surface area contributed by atoms with Crippen LogP contribution in [-0.2, 0) is 4.74 Å². The molecule has 0 aliphatic rings. The van der Waals surface area contributed by atoms with Crippen LogP contribution in [0.15, 0.2) is 28.4 Å². The van der Waals surface area contributed by atoms with Crippen LogP contribution >= 0.6 is 0 Å². The topological polar surface area (TPSA) is 34.0 Å². The molecule has 3 nitrogen and oxygen atoms in total. The van der Waals surface area contributed by atoms with Crippen LogP contribution in [0.5, 0.6) is 0 Å². The van der Waals surface area contributed by atoms with Crippen molar-refractivity contribution >= 4 is 0 Å². The average Bonchev–Trinajstić information content (AvgIpc) is 2.32. The van der Waals surface area contributed by atoms with Crippen LogP contribution in [0.1, 0.15) is 19.4 Å². The van der Waals surface area contributed by atoms with Gasteiger partial charge in [-0.15, -0.1) is 5.11 Å². The minimum Gasteiger partial charge on any atom is -0.343 e. The van der Waals surface area contributed by atoms with Crippen LogP contribution in [0.4, 0.5) is 8.78 Å². The van der Waals surface area contributed by atoms with Crippen LogP contribution < -0.4 is 0 Å². The quantitative estimate of drug-likeness (QED) is 0.601. The van der Waals surface area contributed by atoms with E-state index in [2.05, 4.69) is 22.1 Å². The van der Waals surface area contributed by atoms with E-state index in [0.29, 0.717) is 12.2 Å². The van der Waals surface area contributed by atoms with E-state index in [-0.39, 0.29) is 0 Å². The molecule has 0 N–H and O–H groups in total. The number of halogens is 2. The number of ether oxygens (including phenoxy) is 1. The Bertz CT molecular complexity index is 505. The Balaban J connectivity index is 3.00. The van der Waals surface area contributed by atoms with Gasteiger partial charge in [0, 0.05) is 19.2 Å². The first kappa shape index (κ1) is 14.3. The summed E-state index contributed by atoms with van der Waals surface area (Å²) in [6, 6.07) is 3.44. The molecule has 0 radical (unpaired) electrons. The van der Waals surface area contributed by atoms with Gasteiger partial charge in [0.2, 0.25) is 5.72 Å². The Kier molecular flexibility index (Phi) is 4.93. The Morgan fingerprint density at radius 1 is 1.33 bits per heavy atom. The highest BCUT2D eigenvalue weighted by Crippen LogP contribution is 2.13. The Labute approximate surface area is 105 Å². The lowest BCUT2D eigenvalue weighted by atomic mass is 10.2. The first-order valence-electron chi connectivity index (χ1n) is 5.44. The normalized spacial score (nSPS) is 14.1. The molecule has 1 atom stereocenters. The van der Waals surface area contributed by atoms with Gasteiger partial charge >= 0.3 is 0 Å².